The number of benzene rings is 1. The molecule has 1 atom stereocenters. The van der Waals surface area contributed by atoms with E-state index < -0.39 is 17.5 Å². The van der Waals surface area contributed by atoms with Gasteiger partial charge in [0, 0.05) is 4.47 Å². The average molecular weight is 362 g/mol. The molecule has 5 nitrogen and oxygen atoms in total. The predicted octanol–water partition coefficient (Wildman–Crippen LogP) is 3.48. The maximum Gasteiger partial charge on any atom is 0.329 e. The number of aliphatic carboxylic acids is 1. The largest absolute Gasteiger partial charge is 0.480 e. The molecule has 0 aromatic heterocycles. The summed E-state index contributed by atoms with van der Waals surface area (Å²) >= 11 is 9.25. The second kappa shape index (κ2) is 5.61. The number of rotatable bonds is 4. The van der Waals surface area contributed by atoms with Gasteiger partial charge in [-0.05, 0) is 43.9 Å². The summed E-state index contributed by atoms with van der Waals surface area (Å²) in [6.45, 7) is 1.52. The van der Waals surface area contributed by atoms with Gasteiger partial charge in [-0.3, -0.25) is 0 Å². The zero-order chi connectivity index (χ0) is 14.9. The van der Waals surface area contributed by atoms with E-state index >= 15 is 0 Å². The molecule has 3 N–H and O–H groups in total. The van der Waals surface area contributed by atoms with Crippen molar-refractivity contribution in [3.8, 4) is 0 Å². The standard InChI is InChI=1S/C13H14BrClN2O3/c1-13(11(18)19,7-2-3-7)17-12(20)16-10-6-8(14)4-5-9(10)15/h4-7H,2-3H2,1H3,(H,18,19)(H2,16,17,20). The molecule has 20 heavy (non-hydrogen) atoms. The van der Waals surface area contributed by atoms with Crippen molar-refractivity contribution in [2.24, 2.45) is 5.92 Å². The van der Waals surface area contributed by atoms with Crippen molar-refractivity contribution in [2.75, 3.05) is 5.32 Å². The van der Waals surface area contributed by atoms with Crippen LogP contribution in [0.25, 0.3) is 0 Å². The zero-order valence-electron chi connectivity index (χ0n) is 10.7. The van der Waals surface area contributed by atoms with Crippen molar-refractivity contribution in [1.29, 1.82) is 0 Å². The smallest absolute Gasteiger partial charge is 0.329 e. The molecule has 1 aromatic carbocycles. The SMILES string of the molecule is CC(NC(=O)Nc1cc(Br)ccc1Cl)(C(=O)O)C1CC1. The van der Waals surface area contributed by atoms with Crippen molar-refractivity contribution in [3.05, 3.63) is 27.7 Å². The predicted molar refractivity (Wildman–Crippen MR) is 80.1 cm³/mol. The van der Waals surface area contributed by atoms with Gasteiger partial charge in [-0.25, -0.2) is 9.59 Å². The van der Waals surface area contributed by atoms with Gasteiger partial charge in [0.05, 0.1) is 10.7 Å². The Morgan fingerprint density at radius 2 is 2.10 bits per heavy atom. The lowest BCUT2D eigenvalue weighted by molar-refractivity contribution is -0.144. The molecule has 2 amide bonds. The molecule has 0 heterocycles. The van der Waals surface area contributed by atoms with Gasteiger partial charge in [0.15, 0.2) is 0 Å². The number of carbonyl (C=O) groups excluding carboxylic acids is 1. The van der Waals surface area contributed by atoms with Gasteiger partial charge < -0.3 is 15.7 Å². The third-order valence-corrected chi connectivity index (χ3v) is 4.21. The number of carboxylic acid groups (broad SMARTS) is 1. The Bertz CT molecular complexity index is 563. The summed E-state index contributed by atoms with van der Waals surface area (Å²) in [5.74, 6) is -1.06. The van der Waals surface area contributed by atoms with E-state index in [0.717, 1.165) is 17.3 Å². The average Bonchev–Trinajstić information content (AvgIpc) is 3.17. The lowest BCUT2D eigenvalue weighted by Crippen LogP contribution is -2.55. The van der Waals surface area contributed by atoms with Crippen LogP contribution in [-0.4, -0.2) is 22.6 Å². The first kappa shape index (κ1) is 15.1. The van der Waals surface area contributed by atoms with Crippen LogP contribution < -0.4 is 10.6 Å². The van der Waals surface area contributed by atoms with Crippen LogP contribution in [0.3, 0.4) is 0 Å². The summed E-state index contributed by atoms with van der Waals surface area (Å²) in [5, 5.41) is 14.8. The van der Waals surface area contributed by atoms with Crippen LogP contribution in [0.15, 0.2) is 22.7 Å². The number of hydrogen-bond donors (Lipinski definition) is 3. The van der Waals surface area contributed by atoms with Crippen molar-refractivity contribution >= 4 is 45.2 Å². The zero-order valence-corrected chi connectivity index (χ0v) is 13.1. The first-order chi connectivity index (χ1) is 9.33. The van der Waals surface area contributed by atoms with Crippen LogP contribution in [-0.2, 0) is 4.79 Å². The number of hydrogen-bond acceptors (Lipinski definition) is 2. The van der Waals surface area contributed by atoms with E-state index in [1.165, 1.54) is 6.92 Å². The van der Waals surface area contributed by atoms with Crippen molar-refractivity contribution in [2.45, 2.75) is 25.3 Å². The highest BCUT2D eigenvalue weighted by molar-refractivity contribution is 9.10. The van der Waals surface area contributed by atoms with Crippen LogP contribution in [0.2, 0.25) is 5.02 Å². The summed E-state index contributed by atoms with van der Waals surface area (Å²) in [6, 6.07) is 4.45. The van der Waals surface area contributed by atoms with Gasteiger partial charge in [-0.15, -0.1) is 0 Å². The first-order valence-electron chi connectivity index (χ1n) is 6.10. The third kappa shape index (κ3) is 3.24. The second-order valence-corrected chi connectivity index (χ2v) is 6.31. The van der Waals surface area contributed by atoms with E-state index in [4.69, 9.17) is 11.6 Å². The van der Waals surface area contributed by atoms with E-state index in [0.29, 0.717) is 10.7 Å². The molecule has 0 bridgehead atoms. The molecule has 1 aromatic rings. The fraction of sp³-hybridized carbons (Fsp3) is 0.385. The van der Waals surface area contributed by atoms with Crippen molar-refractivity contribution in [3.63, 3.8) is 0 Å². The highest BCUT2D eigenvalue weighted by atomic mass is 79.9. The van der Waals surface area contributed by atoms with E-state index in [1.807, 2.05) is 0 Å². The second-order valence-electron chi connectivity index (χ2n) is 4.99. The number of carboxylic acids is 1. The number of anilines is 1. The molecule has 1 unspecified atom stereocenters. The van der Waals surface area contributed by atoms with Gasteiger partial charge in [-0.2, -0.15) is 0 Å². The molecule has 2 rings (SSSR count). The van der Waals surface area contributed by atoms with Gasteiger partial charge in [0.25, 0.3) is 0 Å². The normalized spacial score (nSPS) is 17.1. The maximum absolute atomic E-state index is 12.0. The molecule has 108 valence electrons. The minimum Gasteiger partial charge on any atom is -0.480 e. The topological polar surface area (TPSA) is 78.4 Å². The highest BCUT2D eigenvalue weighted by Crippen LogP contribution is 2.39. The number of urea groups is 1. The van der Waals surface area contributed by atoms with Gasteiger partial charge >= 0.3 is 12.0 Å². The Morgan fingerprint density at radius 3 is 2.65 bits per heavy atom. The molecule has 0 spiro atoms. The Hall–Kier alpha value is -1.27. The Labute approximate surface area is 129 Å². The number of nitrogens with one attached hydrogen (secondary N) is 2. The lowest BCUT2D eigenvalue weighted by Gasteiger charge is -2.26. The van der Waals surface area contributed by atoms with E-state index in [9.17, 15) is 14.7 Å². The highest BCUT2D eigenvalue weighted by Gasteiger charge is 2.48. The Morgan fingerprint density at radius 1 is 1.45 bits per heavy atom. The van der Waals surface area contributed by atoms with Crippen LogP contribution in [0.1, 0.15) is 19.8 Å². The van der Waals surface area contributed by atoms with Gasteiger partial charge in [0.2, 0.25) is 0 Å². The summed E-state index contributed by atoms with van der Waals surface area (Å²) < 4.78 is 0.764. The molecule has 1 fully saturated rings. The molecule has 0 aliphatic heterocycles. The maximum atomic E-state index is 12.0. The van der Waals surface area contributed by atoms with Gasteiger partial charge in [-0.1, -0.05) is 27.5 Å². The van der Waals surface area contributed by atoms with E-state index in [-0.39, 0.29) is 5.92 Å². The van der Waals surface area contributed by atoms with Crippen molar-refractivity contribution in [1.82, 2.24) is 5.32 Å². The lowest BCUT2D eigenvalue weighted by atomic mass is 9.96. The van der Waals surface area contributed by atoms with Crippen molar-refractivity contribution < 1.29 is 14.7 Å². The minimum atomic E-state index is -1.25. The number of carbonyl (C=O) groups is 2. The summed E-state index contributed by atoms with van der Waals surface area (Å²) in [7, 11) is 0. The van der Waals surface area contributed by atoms with Crippen LogP contribution in [0, 0.1) is 5.92 Å². The molecule has 0 saturated heterocycles. The first-order valence-corrected chi connectivity index (χ1v) is 7.27. The summed E-state index contributed by atoms with van der Waals surface area (Å²) in [4.78, 5) is 23.3. The van der Waals surface area contributed by atoms with Crippen LogP contribution >= 0.6 is 27.5 Å². The Kier molecular flexibility index (Phi) is 4.25. The Balaban J connectivity index is 2.08. The van der Waals surface area contributed by atoms with Crippen LogP contribution in [0.5, 0.6) is 0 Å². The third-order valence-electron chi connectivity index (χ3n) is 3.39. The molecular formula is C13H14BrClN2O3. The number of halogens is 2. The molecule has 1 saturated carbocycles. The van der Waals surface area contributed by atoms with Crippen LogP contribution in [0.4, 0.5) is 10.5 Å². The molecular weight excluding hydrogens is 348 g/mol. The van der Waals surface area contributed by atoms with E-state index in [2.05, 4.69) is 26.6 Å². The molecule has 0 radical (unpaired) electrons. The quantitative estimate of drug-likeness (QED) is 0.768. The molecule has 1 aliphatic carbocycles. The molecule has 1 aliphatic rings. The minimum absolute atomic E-state index is 0.0243. The van der Waals surface area contributed by atoms with Gasteiger partial charge in [0.1, 0.15) is 5.54 Å². The summed E-state index contributed by atoms with van der Waals surface area (Å²) in [6.07, 6.45) is 1.61. The molecule has 7 heteroatoms. The number of amides is 2. The monoisotopic (exact) mass is 360 g/mol. The fourth-order valence-corrected chi connectivity index (χ4v) is 2.50. The fourth-order valence-electron chi connectivity index (χ4n) is 1.97. The van der Waals surface area contributed by atoms with E-state index in [1.54, 1.807) is 18.2 Å². The summed E-state index contributed by atoms with van der Waals surface area (Å²) in [5.41, 5.74) is -0.829.